The first-order valence-electron chi connectivity index (χ1n) is 13.4. The average Bonchev–Trinajstić information content (AvgIpc) is 3.34. The lowest BCUT2D eigenvalue weighted by atomic mass is 9.69. The van der Waals surface area contributed by atoms with Crippen molar-refractivity contribution in [2.45, 2.75) is 63.3 Å². The Morgan fingerprint density at radius 2 is 1.74 bits per heavy atom. The number of sulfonamides is 1. The molecule has 7 rings (SSSR count). The van der Waals surface area contributed by atoms with Crippen molar-refractivity contribution in [3.8, 4) is 0 Å². The van der Waals surface area contributed by atoms with E-state index in [-0.39, 0.29) is 39.3 Å². The second-order valence-corrected chi connectivity index (χ2v) is 16.1. The third-order valence-electron chi connectivity index (χ3n) is 10.4. The molecule has 200 valence electrons. The molecule has 7 nitrogen and oxygen atoms in total. The number of fused-ring (bicyclic) bond motifs is 2. The molecule has 2 heterocycles. The third-order valence-corrected chi connectivity index (χ3v) is 14.0. The van der Waals surface area contributed by atoms with Gasteiger partial charge in [0.1, 0.15) is 0 Å². The highest BCUT2D eigenvalue weighted by Crippen LogP contribution is 2.70. The molecule has 1 spiro atoms. The number of aromatic nitrogens is 1. The molecule has 0 radical (unpaired) electrons. The van der Waals surface area contributed by atoms with Crippen LogP contribution in [-0.2, 0) is 24.8 Å². The molecule has 3 aromatic rings. The average molecular weight is 553 g/mol. The number of carbonyl (C=O) groups excluding carboxylic acids is 1. The van der Waals surface area contributed by atoms with Crippen molar-refractivity contribution in [3.05, 3.63) is 65.9 Å². The molecule has 5 atom stereocenters. The maximum atomic E-state index is 13.8. The highest BCUT2D eigenvalue weighted by Gasteiger charge is 2.73. The quantitative estimate of drug-likeness (QED) is 0.470. The van der Waals surface area contributed by atoms with Crippen molar-refractivity contribution in [3.63, 3.8) is 0 Å². The van der Waals surface area contributed by atoms with Gasteiger partial charge in [-0.05, 0) is 73.6 Å². The van der Waals surface area contributed by atoms with Crippen molar-refractivity contribution in [2.75, 3.05) is 5.75 Å². The Hall–Kier alpha value is -2.65. The van der Waals surface area contributed by atoms with E-state index in [1.807, 2.05) is 19.1 Å². The standard InChI is InChI=1S/C29H32N2O5S2/c1-18-8-10-20(11-9-18)38(35,36)30-16-24(21-6-4-5-7-25(21)30)22-15-23(22)27(32)31-26-14-19-12-13-29(26,28(19,2)3)17-37(31,33)34/h4-11,16,19,22-23,26H,12-15,17H2,1-3H3/t19-,22-,23-,26-,29-/m0/s1. The van der Waals surface area contributed by atoms with Gasteiger partial charge in [0.15, 0.2) is 0 Å². The van der Waals surface area contributed by atoms with Gasteiger partial charge in [0.2, 0.25) is 15.9 Å². The number of amides is 1. The maximum Gasteiger partial charge on any atom is 0.268 e. The molecule has 2 bridgehead atoms. The van der Waals surface area contributed by atoms with E-state index in [4.69, 9.17) is 0 Å². The molecule has 3 saturated carbocycles. The van der Waals surface area contributed by atoms with Crippen molar-refractivity contribution < 1.29 is 21.6 Å². The monoisotopic (exact) mass is 552 g/mol. The summed E-state index contributed by atoms with van der Waals surface area (Å²) in [6.07, 6.45) is 4.80. The van der Waals surface area contributed by atoms with E-state index in [9.17, 15) is 21.6 Å². The van der Waals surface area contributed by atoms with Gasteiger partial charge >= 0.3 is 0 Å². The Kier molecular flexibility index (Phi) is 4.82. The summed E-state index contributed by atoms with van der Waals surface area (Å²) in [5.74, 6) is -0.466. The zero-order valence-electron chi connectivity index (χ0n) is 21.8. The lowest BCUT2D eigenvalue weighted by Crippen LogP contribution is -2.44. The topological polar surface area (TPSA) is 93.5 Å². The number of nitrogens with zero attached hydrogens (tertiary/aromatic N) is 2. The largest absolute Gasteiger partial charge is 0.273 e. The number of hydrogen-bond acceptors (Lipinski definition) is 5. The summed E-state index contributed by atoms with van der Waals surface area (Å²) in [4.78, 5) is 14.0. The minimum atomic E-state index is -3.85. The second kappa shape index (κ2) is 7.50. The molecule has 1 amide bonds. The van der Waals surface area contributed by atoms with Crippen molar-refractivity contribution in [2.24, 2.45) is 22.7 Å². The summed E-state index contributed by atoms with van der Waals surface area (Å²) in [6, 6.07) is 13.8. The summed E-state index contributed by atoms with van der Waals surface area (Å²) in [5.41, 5.74) is 1.87. The van der Waals surface area contributed by atoms with Crippen LogP contribution in [0.5, 0.6) is 0 Å². The zero-order valence-corrected chi connectivity index (χ0v) is 23.4. The van der Waals surface area contributed by atoms with E-state index in [1.165, 1.54) is 8.28 Å². The van der Waals surface area contributed by atoms with Gasteiger partial charge in [0.05, 0.1) is 22.2 Å². The number of benzene rings is 2. The summed E-state index contributed by atoms with van der Waals surface area (Å²) < 4.78 is 56.6. The van der Waals surface area contributed by atoms with E-state index in [2.05, 4.69) is 13.8 Å². The molecule has 4 aliphatic rings. The minimum Gasteiger partial charge on any atom is -0.273 e. The Bertz CT molecular complexity index is 1720. The van der Waals surface area contributed by atoms with E-state index < -0.39 is 26.0 Å². The van der Waals surface area contributed by atoms with Crippen LogP contribution in [0.3, 0.4) is 0 Å². The summed E-state index contributed by atoms with van der Waals surface area (Å²) >= 11 is 0. The van der Waals surface area contributed by atoms with Crippen LogP contribution < -0.4 is 0 Å². The van der Waals surface area contributed by atoms with Gasteiger partial charge in [0, 0.05) is 22.9 Å². The van der Waals surface area contributed by atoms with E-state index in [0.717, 1.165) is 35.8 Å². The molecule has 38 heavy (non-hydrogen) atoms. The number of hydrogen-bond donors (Lipinski definition) is 0. The van der Waals surface area contributed by atoms with Crippen LogP contribution >= 0.6 is 0 Å². The zero-order chi connectivity index (χ0) is 26.8. The fourth-order valence-electron chi connectivity index (χ4n) is 8.05. The first-order valence-corrected chi connectivity index (χ1v) is 16.4. The maximum absolute atomic E-state index is 13.8. The van der Waals surface area contributed by atoms with Gasteiger partial charge in [-0.2, -0.15) is 0 Å². The predicted molar refractivity (Wildman–Crippen MR) is 145 cm³/mol. The lowest BCUT2D eigenvalue weighted by molar-refractivity contribution is -0.130. The third kappa shape index (κ3) is 3.03. The van der Waals surface area contributed by atoms with Crippen LogP contribution in [0, 0.1) is 29.6 Å². The van der Waals surface area contributed by atoms with Gasteiger partial charge in [-0.3, -0.25) is 4.79 Å². The number of aryl methyl sites for hydroxylation is 1. The Balaban J connectivity index is 1.24. The highest BCUT2D eigenvalue weighted by molar-refractivity contribution is 7.90. The smallest absolute Gasteiger partial charge is 0.268 e. The molecule has 1 saturated heterocycles. The van der Waals surface area contributed by atoms with Gasteiger partial charge in [-0.1, -0.05) is 49.7 Å². The number of carbonyl (C=O) groups is 1. The Morgan fingerprint density at radius 1 is 1.03 bits per heavy atom. The summed E-state index contributed by atoms with van der Waals surface area (Å²) in [7, 11) is -7.53. The van der Waals surface area contributed by atoms with Gasteiger partial charge < -0.3 is 0 Å². The van der Waals surface area contributed by atoms with E-state index in [0.29, 0.717) is 17.9 Å². The lowest BCUT2D eigenvalue weighted by Gasteiger charge is -2.37. The van der Waals surface area contributed by atoms with Crippen LogP contribution in [0.2, 0.25) is 0 Å². The predicted octanol–water partition coefficient (Wildman–Crippen LogP) is 4.66. The Morgan fingerprint density at radius 3 is 2.45 bits per heavy atom. The van der Waals surface area contributed by atoms with Crippen LogP contribution in [-0.4, -0.2) is 42.8 Å². The van der Waals surface area contributed by atoms with Crippen LogP contribution in [0.25, 0.3) is 10.9 Å². The van der Waals surface area contributed by atoms with Crippen molar-refractivity contribution in [1.29, 1.82) is 0 Å². The fraction of sp³-hybridized carbons (Fsp3) is 0.483. The molecule has 2 aromatic carbocycles. The number of para-hydroxylation sites is 1. The molecule has 4 fully saturated rings. The second-order valence-electron chi connectivity index (χ2n) is 12.4. The molecule has 0 unspecified atom stereocenters. The first kappa shape index (κ1) is 24.4. The van der Waals surface area contributed by atoms with E-state index >= 15 is 0 Å². The molecular formula is C29H32N2O5S2. The molecule has 9 heteroatoms. The van der Waals surface area contributed by atoms with Gasteiger partial charge in [-0.25, -0.2) is 25.1 Å². The normalized spacial score (nSPS) is 32.6. The first-order chi connectivity index (χ1) is 17.9. The van der Waals surface area contributed by atoms with E-state index in [1.54, 1.807) is 42.6 Å². The summed E-state index contributed by atoms with van der Waals surface area (Å²) in [6.45, 7) is 6.26. The molecular weight excluding hydrogens is 520 g/mol. The fourth-order valence-corrected chi connectivity index (χ4v) is 12.0. The van der Waals surface area contributed by atoms with Gasteiger partial charge in [-0.15, -0.1) is 0 Å². The van der Waals surface area contributed by atoms with Gasteiger partial charge in [0.25, 0.3) is 10.0 Å². The highest BCUT2D eigenvalue weighted by atomic mass is 32.2. The van der Waals surface area contributed by atoms with Crippen LogP contribution in [0.4, 0.5) is 0 Å². The Labute approximate surface area is 223 Å². The molecule has 1 aliphatic heterocycles. The van der Waals surface area contributed by atoms with Crippen LogP contribution in [0.1, 0.15) is 56.6 Å². The molecule has 0 N–H and O–H groups in total. The van der Waals surface area contributed by atoms with Crippen LogP contribution in [0.15, 0.2) is 59.6 Å². The summed E-state index contributed by atoms with van der Waals surface area (Å²) in [5, 5.41) is 0.783. The minimum absolute atomic E-state index is 0.0609. The van der Waals surface area contributed by atoms with Crippen molar-refractivity contribution in [1.82, 2.24) is 8.28 Å². The van der Waals surface area contributed by atoms with Crippen molar-refractivity contribution >= 4 is 36.9 Å². The number of rotatable bonds is 4. The SMILES string of the molecule is Cc1ccc(S(=O)(=O)n2cc([C@H]3C[C@@H]3C(=O)N3[C@H]4C[C@@H]5CC[C@@]4(CS3(=O)=O)C5(C)C)c3ccccc32)cc1. The molecule has 3 aliphatic carbocycles. The molecule has 1 aromatic heterocycles.